The molecule has 2 aromatic carbocycles. The van der Waals surface area contributed by atoms with Crippen molar-refractivity contribution in [1.82, 2.24) is 0 Å². The van der Waals surface area contributed by atoms with E-state index in [9.17, 15) is 5.26 Å². The zero-order chi connectivity index (χ0) is 13.2. The summed E-state index contributed by atoms with van der Waals surface area (Å²) in [6.07, 6.45) is 0.999. The van der Waals surface area contributed by atoms with E-state index in [1.165, 1.54) is 9.13 Å². The van der Waals surface area contributed by atoms with E-state index in [1.54, 1.807) is 0 Å². The third-order valence-electron chi connectivity index (χ3n) is 3.57. The third-order valence-corrected chi connectivity index (χ3v) is 4.48. The van der Waals surface area contributed by atoms with Gasteiger partial charge in [-0.3, -0.25) is 0 Å². The first-order valence-corrected chi connectivity index (χ1v) is 7.37. The molecule has 94 valence electrons. The van der Waals surface area contributed by atoms with Crippen molar-refractivity contribution >= 4 is 28.3 Å². The number of nitriles is 1. The summed E-state index contributed by atoms with van der Waals surface area (Å²) in [7, 11) is 0. The SMILES string of the molecule is N#CC1c2ccccc2CCN1c1ccccc1I. The second-order valence-corrected chi connectivity index (χ2v) is 5.79. The molecule has 0 N–H and O–H groups in total. The maximum Gasteiger partial charge on any atom is 0.142 e. The molecule has 0 fully saturated rings. The molecular weight excluding hydrogens is 347 g/mol. The molecule has 0 saturated carbocycles. The topological polar surface area (TPSA) is 27.0 Å². The number of hydrogen-bond donors (Lipinski definition) is 0. The van der Waals surface area contributed by atoms with Crippen LogP contribution in [0.4, 0.5) is 5.69 Å². The number of fused-ring (bicyclic) bond motifs is 1. The van der Waals surface area contributed by atoms with Crippen LogP contribution in [0.25, 0.3) is 0 Å². The summed E-state index contributed by atoms with van der Waals surface area (Å²) in [5.41, 5.74) is 3.61. The fourth-order valence-electron chi connectivity index (χ4n) is 2.65. The first-order valence-electron chi connectivity index (χ1n) is 6.30. The van der Waals surface area contributed by atoms with Crippen molar-refractivity contribution in [3.8, 4) is 6.07 Å². The van der Waals surface area contributed by atoms with Crippen LogP contribution in [0.5, 0.6) is 0 Å². The highest BCUT2D eigenvalue weighted by Crippen LogP contribution is 2.35. The Morgan fingerprint density at radius 3 is 2.63 bits per heavy atom. The van der Waals surface area contributed by atoms with Gasteiger partial charge in [0, 0.05) is 10.1 Å². The molecule has 1 atom stereocenters. The van der Waals surface area contributed by atoms with E-state index in [0.717, 1.165) is 24.2 Å². The van der Waals surface area contributed by atoms with Gasteiger partial charge in [-0.05, 0) is 52.3 Å². The maximum atomic E-state index is 9.57. The van der Waals surface area contributed by atoms with E-state index < -0.39 is 0 Å². The van der Waals surface area contributed by atoms with Crippen LogP contribution in [0.3, 0.4) is 0 Å². The molecular formula is C16H13IN2. The summed E-state index contributed by atoms with van der Waals surface area (Å²) in [5.74, 6) is 0. The zero-order valence-electron chi connectivity index (χ0n) is 10.4. The number of hydrogen-bond acceptors (Lipinski definition) is 2. The van der Waals surface area contributed by atoms with Crippen LogP contribution < -0.4 is 4.90 Å². The molecule has 0 aliphatic carbocycles. The van der Waals surface area contributed by atoms with Gasteiger partial charge in [-0.1, -0.05) is 36.4 Å². The fraction of sp³-hybridized carbons (Fsp3) is 0.188. The molecule has 19 heavy (non-hydrogen) atoms. The van der Waals surface area contributed by atoms with Crippen molar-refractivity contribution in [1.29, 1.82) is 5.26 Å². The lowest BCUT2D eigenvalue weighted by molar-refractivity contribution is 0.675. The summed E-state index contributed by atoms with van der Waals surface area (Å²) < 4.78 is 1.19. The Hall–Kier alpha value is -1.54. The second kappa shape index (κ2) is 5.22. The number of benzene rings is 2. The molecule has 3 rings (SSSR count). The zero-order valence-corrected chi connectivity index (χ0v) is 12.5. The average Bonchev–Trinajstić information content (AvgIpc) is 2.46. The Kier molecular flexibility index (Phi) is 3.43. The molecule has 0 saturated heterocycles. The molecule has 2 nitrogen and oxygen atoms in total. The van der Waals surface area contributed by atoms with Gasteiger partial charge in [0.25, 0.3) is 0 Å². The minimum Gasteiger partial charge on any atom is -0.351 e. The normalized spacial score (nSPS) is 17.7. The number of nitrogens with zero attached hydrogens (tertiary/aromatic N) is 2. The minimum absolute atomic E-state index is 0.180. The Morgan fingerprint density at radius 1 is 1.11 bits per heavy atom. The van der Waals surface area contributed by atoms with Crippen LogP contribution in [0, 0.1) is 14.9 Å². The van der Waals surface area contributed by atoms with Gasteiger partial charge in [0.15, 0.2) is 0 Å². The van der Waals surface area contributed by atoms with E-state index >= 15 is 0 Å². The molecule has 0 radical (unpaired) electrons. The molecule has 0 spiro atoms. The first kappa shape index (κ1) is 12.5. The second-order valence-electron chi connectivity index (χ2n) is 4.63. The number of rotatable bonds is 1. The summed E-state index contributed by atoms with van der Waals surface area (Å²) in [6, 6.07) is 18.8. The molecule has 0 amide bonds. The smallest absolute Gasteiger partial charge is 0.142 e. The number of halogens is 1. The average molecular weight is 360 g/mol. The van der Waals surface area contributed by atoms with Crippen LogP contribution in [0.2, 0.25) is 0 Å². The molecule has 1 unspecified atom stereocenters. The van der Waals surface area contributed by atoms with Gasteiger partial charge in [-0.15, -0.1) is 0 Å². The molecule has 1 aliphatic rings. The fourth-order valence-corrected chi connectivity index (χ4v) is 3.35. The minimum atomic E-state index is -0.180. The summed E-state index contributed by atoms with van der Waals surface area (Å²) in [4.78, 5) is 2.21. The van der Waals surface area contributed by atoms with Gasteiger partial charge >= 0.3 is 0 Å². The Morgan fingerprint density at radius 2 is 1.84 bits per heavy atom. The van der Waals surface area contributed by atoms with Crippen LogP contribution in [0.1, 0.15) is 17.2 Å². The summed E-state index contributed by atoms with van der Waals surface area (Å²) >= 11 is 2.34. The highest BCUT2D eigenvalue weighted by atomic mass is 127. The Balaban J connectivity index is 2.07. The van der Waals surface area contributed by atoms with Gasteiger partial charge in [-0.25, -0.2) is 0 Å². The predicted octanol–water partition coefficient (Wildman–Crippen LogP) is 3.92. The van der Waals surface area contributed by atoms with Crippen molar-refractivity contribution in [3.63, 3.8) is 0 Å². The van der Waals surface area contributed by atoms with Gasteiger partial charge in [0.05, 0.1) is 11.8 Å². The molecule has 2 aromatic rings. The van der Waals surface area contributed by atoms with Crippen LogP contribution >= 0.6 is 22.6 Å². The molecule has 3 heteroatoms. The van der Waals surface area contributed by atoms with Crippen LogP contribution in [0.15, 0.2) is 48.5 Å². The van der Waals surface area contributed by atoms with Gasteiger partial charge in [-0.2, -0.15) is 5.26 Å². The van der Waals surface area contributed by atoms with Crippen LogP contribution in [-0.4, -0.2) is 6.54 Å². The molecule has 1 aliphatic heterocycles. The largest absolute Gasteiger partial charge is 0.351 e. The van der Waals surface area contributed by atoms with Crippen molar-refractivity contribution in [2.24, 2.45) is 0 Å². The Bertz CT molecular complexity index is 645. The highest BCUT2D eigenvalue weighted by molar-refractivity contribution is 14.1. The van der Waals surface area contributed by atoms with E-state index in [-0.39, 0.29) is 6.04 Å². The lowest BCUT2D eigenvalue weighted by atomic mass is 9.93. The number of para-hydroxylation sites is 1. The van der Waals surface area contributed by atoms with Gasteiger partial charge in [0.2, 0.25) is 0 Å². The standard InChI is InChI=1S/C16H13IN2/c17-14-7-3-4-8-15(14)19-10-9-12-5-1-2-6-13(12)16(19)11-18/h1-8,16H,9-10H2. The predicted molar refractivity (Wildman–Crippen MR) is 85.0 cm³/mol. The van der Waals surface area contributed by atoms with Crippen molar-refractivity contribution in [2.45, 2.75) is 12.5 Å². The first-order chi connectivity index (χ1) is 9.31. The van der Waals surface area contributed by atoms with Crippen LogP contribution in [-0.2, 0) is 6.42 Å². The lowest BCUT2D eigenvalue weighted by Gasteiger charge is -2.35. The Labute approximate surface area is 126 Å². The van der Waals surface area contributed by atoms with E-state index in [2.05, 4.69) is 63.9 Å². The summed E-state index contributed by atoms with van der Waals surface area (Å²) in [5, 5.41) is 9.57. The van der Waals surface area contributed by atoms with E-state index in [1.807, 2.05) is 18.2 Å². The van der Waals surface area contributed by atoms with Crippen molar-refractivity contribution in [2.75, 3.05) is 11.4 Å². The monoisotopic (exact) mass is 360 g/mol. The van der Waals surface area contributed by atoms with Gasteiger partial charge in [0.1, 0.15) is 6.04 Å². The van der Waals surface area contributed by atoms with E-state index in [4.69, 9.17) is 0 Å². The molecule has 0 aromatic heterocycles. The number of anilines is 1. The van der Waals surface area contributed by atoms with Crippen molar-refractivity contribution < 1.29 is 0 Å². The van der Waals surface area contributed by atoms with Gasteiger partial charge < -0.3 is 4.90 Å². The molecule has 1 heterocycles. The lowest BCUT2D eigenvalue weighted by Crippen LogP contribution is -2.35. The highest BCUT2D eigenvalue weighted by Gasteiger charge is 2.27. The summed E-state index contributed by atoms with van der Waals surface area (Å²) in [6.45, 7) is 0.898. The van der Waals surface area contributed by atoms with Crippen molar-refractivity contribution in [3.05, 3.63) is 63.2 Å². The third kappa shape index (κ3) is 2.21. The molecule has 0 bridgehead atoms. The van der Waals surface area contributed by atoms with E-state index in [0.29, 0.717) is 0 Å². The maximum absolute atomic E-state index is 9.57. The quantitative estimate of drug-likeness (QED) is 0.721.